The molecule has 2 aromatic carbocycles. The van der Waals surface area contributed by atoms with Gasteiger partial charge in [-0.3, -0.25) is 0 Å². The van der Waals surface area contributed by atoms with E-state index in [1.807, 2.05) is 48.5 Å². The van der Waals surface area contributed by atoms with Crippen molar-refractivity contribution in [1.29, 1.82) is 0 Å². The van der Waals surface area contributed by atoms with Gasteiger partial charge in [-0.2, -0.15) is 0 Å². The molecule has 1 aromatic heterocycles. The van der Waals surface area contributed by atoms with E-state index in [2.05, 4.69) is 25.7 Å². The standard InChI is InChI=1S/C21H18BrFN2OS/c22-16-3-1-15(2-4-16)19-9-10-20(26-19)21(27)25-13-11-24(12-14-25)18-7-5-17(23)6-8-18/h1-10H,11-14H2. The summed E-state index contributed by atoms with van der Waals surface area (Å²) in [6, 6.07) is 18.5. The highest BCUT2D eigenvalue weighted by molar-refractivity contribution is 9.10. The van der Waals surface area contributed by atoms with Crippen molar-refractivity contribution in [3.05, 3.63) is 76.7 Å². The lowest BCUT2D eigenvalue weighted by Gasteiger charge is -2.37. The second-order valence-corrected chi connectivity index (χ2v) is 7.73. The van der Waals surface area contributed by atoms with Crippen LogP contribution in [0.4, 0.5) is 10.1 Å². The molecule has 0 aliphatic carbocycles. The predicted octanol–water partition coefficient (Wildman–Crippen LogP) is 5.35. The third kappa shape index (κ3) is 4.06. The van der Waals surface area contributed by atoms with Crippen molar-refractivity contribution in [1.82, 2.24) is 4.90 Å². The average Bonchev–Trinajstić information content (AvgIpc) is 3.19. The van der Waals surface area contributed by atoms with Crippen molar-refractivity contribution in [2.75, 3.05) is 31.1 Å². The SMILES string of the molecule is Fc1ccc(N2CCN(C(=S)c3ccc(-c4ccc(Br)cc4)o3)CC2)cc1. The van der Waals surface area contributed by atoms with Crippen molar-refractivity contribution >= 4 is 38.8 Å². The Kier molecular flexibility index (Phi) is 5.27. The number of hydrogen-bond acceptors (Lipinski definition) is 3. The number of rotatable bonds is 3. The molecule has 0 spiro atoms. The molecule has 138 valence electrons. The van der Waals surface area contributed by atoms with Crippen molar-refractivity contribution in [3.63, 3.8) is 0 Å². The third-order valence-corrected chi connectivity index (χ3v) is 5.69. The largest absolute Gasteiger partial charge is 0.454 e. The minimum Gasteiger partial charge on any atom is -0.454 e. The molecule has 0 N–H and O–H groups in total. The van der Waals surface area contributed by atoms with Crippen LogP contribution in [0.15, 0.2) is 69.6 Å². The van der Waals surface area contributed by atoms with Crippen LogP contribution in [0.3, 0.4) is 0 Å². The quantitative estimate of drug-likeness (QED) is 0.507. The summed E-state index contributed by atoms with van der Waals surface area (Å²) in [5.41, 5.74) is 2.06. The zero-order valence-electron chi connectivity index (χ0n) is 14.6. The monoisotopic (exact) mass is 444 g/mol. The Balaban J connectivity index is 1.41. The number of halogens is 2. The molecule has 3 aromatic rings. The molecule has 3 nitrogen and oxygen atoms in total. The van der Waals surface area contributed by atoms with Gasteiger partial charge in [-0.1, -0.05) is 40.3 Å². The van der Waals surface area contributed by atoms with Crippen LogP contribution < -0.4 is 4.90 Å². The van der Waals surface area contributed by atoms with Gasteiger partial charge in [0, 0.05) is 41.9 Å². The van der Waals surface area contributed by atoms with Gasteiger partial charge in [-0.05, 0) is 48.5 Å². The lowest BCUT2D eigenvalue weighted by molar-refractivity contribution is 0.385. The Morgan fingerprint density at radius 1 is 0.889 bits per heavy atom. The number of piperazine rings is 1. The number of thiocarbonyl (C=S) groups is 1. The fourth-order valence-electron chi connectivity index (χ4n) is 3.20. The Labute approximate surface area is 171 Å². The Morgan fingerprint density at radius 2 is 1.56 bits per heavy atom. The smallest absolute Gasteiger partial charge is 0.162 e. The molecular weight excluding hydrogens is 427 g/mol. The van der Waals surface area contributed by atoms with Crippen LogP contribution in [-0.4, -0.2) is 36.1 Å². The first-order valence-electron chi connectivity index (χ1n) is 8.76. The molecule has 1 fully saturated rings. The summed E-state index contributed by atoms with van der Waals surface area (Å²) < 4.78 is 20.1. The summed E-state index contributed by atoms with van der Waals surface area (Å²) in [6.07, 6.45) is 0. The first-order chi connectivity index (χ1) is 13.1. The molecule has 1 aliphatic rings. The van der Waals surface area contributed by atoms with Gasteiger partial charge >= 0.3 is 0 Å². The van der Waals surface area contributed by atoms with E-state index in [4.69, 9.17) is 16.6 Å². The molecule has 0 atom stereocenters. The minimum absolute atomic E-state index is 0.210. The first-order valence-corrected chi connectivity index (χ1v) is 9.96. The van der Waals surface area contributed by atoms with E-state index >= 15 is 0 Å². The van der Waals surface area contributed by atoms with Crippen molar-refractivity contribution in [2.45, 2.75) is 0 Å². The lowest BCUT2D eigenvalue weighted by Crippen LogP contribution is -2.48. The fraction of sp³-hybridized carbons (Fsp3) is 0.190. The van der Waals surface area contributed by atoms with Gasteiger partial charge < -0.3 is 14.2 Å². The van der Waals surface area contributed by atoms with Crippen molar-refractivity contribution in [3.8, 4) is 11.3 Å². The zero-order chi connectivity index (χ0) is 18.8. The fourth-order valence-corrected chi connectivity index (χ4v) is 3.75. The molecule has 0 bridgehead atoms. The highest BCUT2D eigenvalue weighted by Gasteiger charge is 2.22. The summed E-state index contributed by atoms with van der Waals surface area (Å²) in [7, 11) is 0. The highest BCUT2D eigenvalue weighted by Crippen LogP contribution is 2.25. The van der Waals surface area contributed by atoms with Gasteiger partial charge in [-0.15, -0.1) is 0 Å². The zero-order valence-corrected chi connectivity index (χ0v) is 17.0. The second-order valence-electron chi connectivity index (χ2n) is 6.43. The summed E-state index contributed by atoms with van der Waals surface area (Å²) in [6.45, 7) is 3.30. The van der Waals surface area contributed by atoms with Crippen LogP contribution in [-0.2, 0) is 0 Å². The van der Waals surface area contributed by atoms with Gasteiger partial charge in [0.25, 0.3) is 0 Å². The summed E-state index contributed by atoms with van der Waals surface area (Å²) in [4.78, 5) is 5.14. The highest BCUT2D eigenvalue weighted by atomic mass is 79.9. The predicted molar refractivity (Wildman–Crippen MR) is 114 cm³/mol. The van der Waals surface area contributed by atoms with Crippen molar-refractivity contribution < 1.29 is 8.81 Å². The van der Waals surface area contributed by atoms with Crippen molar-refractivity contribution in [2.24, 2.45) is 0 Å². The maximum Gasteiger partial charge on any atom is 0.162 e. The van der Waals surface area contributed by atoms with Gasteiger partial charge in [0.1, 0.15) is 16.6 Å². The van der Waals surface area contributed by atoms with E-state index in [1.165, 1.54) is 12.1 Å². The average molecular weight is 445 g/mol. The van der Waals surface area contributed by atoms with Gasteiger partial charge in [0.2, 0.25) is 0 Å². The minimum atomic E-state index is -0.210. The Morgan fingerprint density at radius 3 is 2.22 bits per heavy atom. The van der Waals surface area contributed by atoms with Crippen LogP contribution in [0, 0.1) is 5.82 Å². The number of hydrogen-bond donors (Lipinski definition) is 0. The number of furan rings is 1. The third-order valence-electron chi connectivity index (χ3n) is 4.70. The molecule has 0 unspecified atom stereocenters. The summed E-state index contributed by atoms with van der Waals surface area (Å²) in [5.74, 6) is 1.32. The summed E-state index contributed by atoms with van der Waals surface area (Å²) >= 11 is 9.10. The first kappa shape index (κ1) is 18.2. The van der Waals surface area contributed by atoms with Gasteiger partial charge in [0.05, 0.1) is 0 Å². The van der Waals surface area contributed by atoms with E-state index in [0.29, 0.717) is 0 Å². The van der Waals surface area contributed by atoms with E-state index in [1.54, 1.807) is 0 Å². The van der Waals surface area contributed by atoms with Crippen LogP contribution in [0.5, 0.6) is 0 Å². The molecule has 1 aliphatic heterocycles. The second kappa shape index (κ2) is 7.82. The molecule has 0 amide bonds. The van der Waals surface area contributed by atoms with Gasteiger partial charge in [-0.25, -0.2) is 4.39 Å². The number of benzene rings is 2. The molecule has 0 saturated carbocycles. The van der Waals surface area contributed by atoms with Crippen LogP contribution in [0.25, 0.3) is 11.3 Å². The van der Waals surface area contributed by atoms with Gasteiger partial charge in [0.15, 0.2) is 5.76 Å². The van der Waals surface area contributed by atoms with Crippen LogP contribution in [0.2, 0.25) is 0 Å². The molecule has 1 saturated heterocycles. The summed E-state index contributed by atoms with van der Waals surface area (Å²) in [5, 5.41) is 0. The maximum atomic E-state index is 13.1. The molecule has 2 heterocycles. The Hall–Kier alpha value is -2.18. The molecule has 0 radical (unpaired) electrons. The topological polar surface area (TPSA) is 19.6 Å². The van der Waals surface area contributed by atoms with E-state index in [-0.39, 0.29) is 5.82 Å². The molecule has 4 rings (SSSR count). The van der Waals surface area contributed by atoms with E-state index in [0.717, 1.165) is 58.4 Å². The van der Waals surface area contributed by atoms with Crippen LogP contribution >= 0.6 is 28.1 Å². The lowest BCUT2D eigenvalue weighted by atomic mass is 10.2. The Bertz CT molecular complexity index is 932. The molecular formula is C21H18BrFN2OS. The molecule has 27 heavy (non-hydrogen) atoms. The number of nitrogens with zero attached hydrogens (tertiary/aromatic N) is 2. The van der Waals surface area contributed by atoms with E-state index < -0.39 is 0 Å². The number of anilines is 1. The maximum absolute atomic E-state index is 13.1. The van der Waals surface area contributed by atoms with Crippen LogP contribution in [0.1, 0.15) is 5.76 Å². The van der Waals surface area contributed by atoms with E-state index in [9.17, 15) is 4.39 Å². The normalized spacial score (nSPS) is 14.4. The molecule has 6 heteroatoms.